The van der Waals surface area contributed by atoms with E-state index in [-0.39, 0.29) is 11.9 Å². The van der Waals surface area contributed by atoms with Crippen LogP contribution in [0.4, 0.5) is 0 Å². The largest absolute Gasteiger partial charge is 0.338 e. The van der Waals surface area contributed by atoms with Crippen molar-refractivity contribution in [3.63, 3.8) is 0 Å². The minimum absolute atomic E-state index is 0.0815. The number of rotatable bonds is 3. The summed E-state index contributed by atoms with van der Waals surface area (Å²) in [5.41, 5.74) is 0.442. The number of nitrogens with one attached hydrogen (secondary N) is 1. The molecule has 0 aliphatic heterocycles. The summed E-state index contributed by atoms with van der Waals surface area (Å²) in [6, 6.07) is 0.151. The van der Waals surface area contributed by atoms with Gasteiger partial charge in [0.25, 0.3) is 5.91 Å². The molecule has 1 amide bonds. The molecule has 2 aromatic heterocycles. The summed E-state index contributed by atoms with van der Waals surface area (Å²) in [5, 5.41) is 8.88. The third-order valence-corrected chi connectivity index (χ3v) is 3.28. The van der Waals surface area contributed by atoms with Gasteiger partial charge in [-0.2, -0.15) is 5.10 Å². The Morgan fingerprint density at radius 1 is 1.53 bits per heavy atom. The van der Waals surface area contributed by atoms with Crippen LogP contribution >= 0.6 is 11.3 Å². The molecule has 2 rings (SSSR count). The van der Waals surface area contributed by atoms with Crippen molar-refractivity contribution >= 4 is 17.2 Å². The molecule has 90 valence electrons. The molecule has 0 aliphatic rings. The molecule has 0 atom stereocenters. The van der Waals surface area contributed by atoms with E-state index >= 15 is 0 Å². The van der Waals surface area contributed by atoms with Crippen LogP contribution < -0.4 is 0 Å². The third kappa shape index (κ3) is 2.33. The van der Waals surface area contributed by atoms with Crippen molar-refractivity contribution in [2.75, 3.05) is 7.05 Å². The molecule has 6 nitrogen and oxygen atoms in total. The number of carbonyl (C=O) groups excluding carboxylic acids is 1. The minimum atomic E-state index is -0.0815. The average Bonchev–Trinajstić information content (AvgIpc) is 2.96. The Balaban J connectivity index is 2.22. The van der Waals surface area contributed by atoms with Crippen molar-refractivity contribution in [1.29, 1.82) is 0 Å². The number of amides is 1. The zero-order valence-corrected chi connectivity index (χ0v) is 10.7. The van der Waals surface area contributed by atoms with E-state index in [1.165, 1.54) is 17.7 Å². The molecular weight excluding hydrogens is 238 g/mol. The summed E-state index contributed by atoms with van der Waals surface area (Å²) in [6.07, 6.45) is 1.42. The lowest BCUT2D eigenvalue weighted by atomic mass is 10.3. The normalized spacial score (nSPS) is 10.8. The van der Waals surface area contributed by atoms with E-state index in [0.29, 0.717) is 16.5 Å². The standard InChI is InChI=1S/C10H13N5OS/c1-6(2)15(3)10(16)7-4-17-9(13-7)8-11-5-12-14-8/h4-6H,1-3H3,(H,11,12,14). The summed E-state index contributed by atoms with van der Waals surface area (Å²) in [5.74, 6) is 0.503. The fourth-order valence-electron chi connectivity index (χ4n) is 1.20. The summed E-state index contributed by atoms with van der Waals surface area (Å²) >= 11 is 1.37. The van der Waals surface area contributed by atoms with Crippen molar-refractivity contribution < 1.29 is 4.79 Å². The van der Waals surface area contributed by atoms with Crippen LogP contribution in [0, 0.1) is 0 Å². The first-order chi connectivity index (χ1) is 8.09. The number of nitrogens with zero attached hydrogens (tertiary/aromatic N) is 4. The van der Waals surface area contributed by atoms with Gasteiger partial charge in [-0.3, -0.25) is 9.89 Å². The van der Waals surface area contributed by atoms with Crippen LogP contribution in [0.15, 0.2) is 11.7 Å². The molecule has 0 aliphatic carbocycles. The van der Waals surface area contributed by atoms with Gasteiger partial charge in [-0.25, -0.2) is 9.97 Å². The van der Waals surface area contributed by atoms with Gasteiger partial charge >= 0.3 is 0 Å². The van der Waals surface area contributed by atoms with E-state index in [9.17, 15) is 4.79 Å². The maximum atomic E-state index is 12.0. The first kappa shape index (κ1) is 11.7. The highest BCUT2D eigenvalue weighted by molar-refractivity contribution is 7.13. The van der Waals surface area contributed by atoms with Crippen molar-refractivity contribution in [2.24, 2.45) is 0 Å². The van der Waals surface area contributed by atoms with Gasteiger partial charge < -0.3 is 4.90 Å². The fraction of sp³-hybridized carbons (Fsp3) is 0.400. The van der Waals surface area contributed by atoms with Crippen molar-refractivity contribution in [3.8, 4) is 10.8 Å². The number of carbonyl (C=O) groups is 1. The van der Waals surface area contributed by atoms with E-state index in [0.717, 1.165) is 0 Å². The summed E-state index contributed by atoms with van der Waals surface area (Å²) < 4.78 is 0. The highest BCUT2D eigenvalue weighted by atomic mass is 32.1. The van der Waals surface area contributed by atoms with Crippen molar-refractivity contribution in [3.05, 3.63) is 17.4 Å². The number of aromatic nitrogens is 4. The lowest BCUT2D eigenvalue weighted by Crippen LogP contribution is -2.33. The minimum Gasteiger partial charge on any atom is -0.338 e. The Morgan fingerprint density at radius 2 is 2.29 bits per heavy atom. The number of aromatic amines is 1. The average molecular weight is 251 g/mol. The molecule has 0 unspecified atom stereocenters. The van der Waals surface area contributed by atoms with Gasteiger partial charge in [0.2, 0.25) is 0 Å². The third-order valence-electron chi connectivity index (χ3n) is 2.44. The molecule has 0 aromatic carbocycles. The van der Waals surface area contributed by atoms with E-state index in [2.05, 4.69) is 20.2 Å². The number of thiazole rings is 1. The first-order valence-corrected chi connectivity index (χ1v) is 6.06. The molecule has 17 heavy (non-hydrogen) atoms. The van der Waals surface area contributed by atoms with Crippen LogP contribution in [-0.2, 0) is 0 Å². The quantitative estimate of drug-likeness (QED) is 0.895. The molecule has 7 heteroatoms. The first-order valence-electron chi connectivity index (χ1n) is 5.18. The molecule has 2 aromatic rings. The molecule has 0 bridgehead atoms. The Bertz CT molecular complexity index is 505. The molecule has 0 fully saturated rings. The van der Waals surface area contributed by atoms with Gasteiger partial charge in [0, 0.05) is 18.5 Å². The smallest absolute Gasteiger partial charge is 0.273 e. The van der Waals surface area contributed by atoms with Crippen molar-refractivity contribution in [1.82, 2.24) is 25.1 Å². The summed E-state index contributed by atoms with van der Waals surface area (Å²) in [7, 11) is 1.76. The van der Waals surface area contributed by atoms with Crippen LogP contribution in [0.25, 0.3) is 10.8 Å². The van der Waals surface area contributed by atoms with E-state index in [1.807, 2.05) is 13.8 Å². The summed E-state index contributed by atoms with van der Waals surface area (Å²) in [6.45, 7) is 3.92. The molecule has 1 N–H and O–H groups in total. The Labute approximate surface area is 103 Å². The van der Waals surface area contributed by atoms with Crippen LogP contribution in [0.1, 0.15) is 24.3 Å². The zero-order chi connectivity index (χ0) is 12.4. The summed E-state index contributed by atoms with van der Waals surface area (Å²) in [4.78, 5) is 21.9. The van der Waals surface area contributed by atoms with Crippen LogP contribution in [0.5, 0.6) is 0 Å². The number of H-pyrrole nitrogens is 1. The van der Waals surface area contributed by atoms with Crippen molar-refractivity contribution in [2.45, 2.75) is 19.9 Å². The number of hydrogen-bond donors (Lipinski definition) is 1. The predicted octanol–water partition coefficient (Wildman–Crippen LogP) is 1.41. The second-order valence-corrected chi connectivity index (χ2v) is 4.74. The van der Waals surface area contributed by atoms with Gasteiger partial charge in [0.15, 0.2) is 10.8 Å². The van der Waals surface area contributed by atoms with Gasteiger partial charge in [0.1, 0.15) is 12.0 Å². The molecule has 0 radical (unpaired) electrons. The van der Waals surface area contributed by atoms with Gasteiger partial charge in [-0.15, -0.1) is 11.3 Å². The zero-order valence-electron chi connectivity index (χ0n) is 9.84. The van der Waals surface area contributed by atoms with Crippen LogP contribution in [0.2, 0.25) is 0 Å². The lowest BCUT2D eigenvalue weighted by molar-refractivity contribution is 0.0750. The van der Waals surface area contributed by atoms with Gasteiger partial charge in [-0.05, 0) is 13.8 Å². The molecule has 0 saturated heterocycles. The predicted molar refractivity (Wildman–Crippen MR) is 64.7 cm³/mol. The molecule has 0 saturated carbocycles. The molecule has 2 heterocycles. The van der Waals surface area contributed by atoms with Gasteiger partial charge in [-0.1, -0.05) is 0 Å². The van der Waals surface area contributed by atoms with Crippen LogP contribution in [0.3, 0.4) is 0 Å². The maximum Gasteiger partial charge on any atom is 0.273 e. The fourth-order valence-corrected chi connectivity index (χ4v) is 1.94. The number of hydrogen-bond acceptors (Lipinski definition) is 5. The SMILES string of the molecule is CC(C)N(C)C(=O)c1csc(-c2ncn[nH]2)n1. The second-order valence-electron chi connectivity index (χ2n) is 3.88. The molecule has 0 spiro atoms. The monoisotopic (exact) mass is 251 g/mol. The second kappa shape index (κ2) is 4.62. The lowest BCUT2D eigenvalue weighted by Gasteiger charge is -2.19. The van der Waals surface area contributed by atoms with E-state index in [4.69, 9.17) is 0 Å². The van der Waals surface area contributed by atoms with Crippen LogP contribution in [-0.4, -0.2) is 44.1 Å². The molecular formula is C10H13N5OS. The van der Waals surface area contributed by atoms with Gasteiger partial charge in [0.05, 0.1) is 0 Å². The highest BCUT2D eigenvalue weighted by Gasteiger charge is 2.18. The Morgan fingerprint density at radius 3 is 2.88 bits per heavy atom. The van der Waals surface area contributed by atoms with E-state index < -0.39 is 0 Å². The van der Waals surface area contributed by atoms with E-state index in [1.54, 1.807) is 17.3 Å². The topological polar surface area (TPSA) is 74.8 Å². The Hall–Kier alpha value is -1.76. The highest BCUT2D eigenvalue weighted by Crippen LogP contribution is 2.20. The maximum absolute atomic E-state index is 12.0. The Kier molecular flexibility index (Phi) is 3.19.